The Balaban J connectivity index is 1.01. The van der Waals surface area contributed by atoms with Gasteiger partial charge in [0.05, 0.1) is 48.8 Å². The Bertz CT molecular complexity index is 1520. The lowest BCUT2D eigenvalue weighted by atomic mass is 9.78. The first-order chi connectivity index (χ1) is 28.3. The molecule has 0 aromatic carbocycles. The van der Waals surface area contributed by atoms with Crippen molar-refractivity contribution < 1.29 is 52.6 Å². The van der Waals surface area contributed by atoms with Gasteiger partial charge in [0.25, 0.3) is 0 Å². The summed E-state index contributed by atoms with van der Waals surface area (Å²) in [5, 5.41) is 20.4. The zero-order valence-corrected chi connectivity index (χ0v) is 40.4. The first-order valence-electron chi connectivity index (χ1n) is 23.4. The molecule has 0 amide bonds. The monoisotopic (exact) mass is 924 g/mol. The predicted octanol–water partition coefficient (Wildman–Crippen LogP) is 8.32. The van der Waals surface area contributed by atoms with Crippen LogP contribution in [0.25, 0.3) is 0 Å². The Kier molecular flexibility index (Phi) is 15.1. The van der Waals surface area contributed by atoms with Gasteiger partial charge < -0.3 is 47.8 Å². The lowest BCUT2D eigenvalue weighted by Gasteiger charge is -2.47. The topological polar surface area (TPSA) is 131 Å². The highest BCUT2D eigenvalue weighted by Gasteiger charge is 2.68. The summed E-state index contributed by atoms with van der Waals surface area (Å²) in [6.45, 7) is 27.4. The Hall–Kier alpha value is -0.553. The Morgan fingerprint density at radius 2 is 1.68 bits per heavy atom. The molecule has 60 heavy (non-hydrogen) atoms. The molecule has 8 fully saturated rings. The number of rotatable bonds is 19. The van der Waals surface area contributed by atoms with Crippen LogP contribution in [0.4, 0.5) is 0 Å². The van der Waals surface area contributed by atoms with Gasteiger partial charge in [0, 0.05) is 51.7 Å². The number of hydrogen-bond donors (Lipinski definition) is 2. The molecule has 342 valence electrons. The minimum absolute atomic E-state index is 0.00659. The summed E-state index contributed by atoms with van der Waals surface area (Å²) < 4.78 is 54.7. The zero-order chi connectivity index (χ0) is 43.3. The first kappa shape index (κ1) is 47.4. The second-order valence-corrected chi connectivity index (χ2v) is 27.4. The van der Waals surface area contributed by atoms with Crippen molar-refractivity contribution in [3.8, 4) is 0 Å². The van der Waals surface area contributed by atoms with Crippen molar-refractivity contribution in [2.45, 2.75) is 228 Å². The van der Waals surface area contributed by atoms with Gasteiger partial charge in [-0.25, -0.2) is 0 Å². The number of aliphatic hydroxyl groups is 2. The molecule has 0 radical (unpaired) electrons. The first-order valence-corrected chi connectivity index (χ1v) is 27.1. The third-order valence-corrected chi connectivity index (χ3v) is 20.5. The van der Waals surface area contributed by atoms with Crippen LogP contribution in [0.3, 0.4) is 0 Å². The summed E-state index contributed by atoms with van der Waals surface area (Å²) in [6, 6.07) is 0. The van der Waals surface area contributed by atoms with E-state index in [1.165, 1.54) is 0 Å². The lowest BCUT2D eigenvalue weighted by Crippen LogP contribution is -2.61. The number of fused-ring (bicyclic) bond motifs is 1. The summed E-state index contributed by atoms with van der Waals surface area (Å²) in [5.74, 6) is 0.157. The molecule has 13 heteroatoms. The van der Waals surface area contributed by atoms with E-state index in [2.05, 4.69) is 83.7 Å². The van der Waals surface area contributed by atoms with Crippen LogP contribution in [0, 0.1) is 23.7 Å². The molecule has 0 spiro atoms. The van der Waals surface area contributed by atoms with Crippen molar-refractivity contribution in [3.63, 3.8) is 0 Å². The van der Waals surface area contributed by atoms with E-state index in [1.807, 2.05) is 0 Å². The molecule has 0 aromatic heterocycles. The highest BCUT2D eigenvalue weighted by Crippen LogP contribution is 2.54. The number of halogens is 1. The van der Waals surface area contributed by atoms with Gasteiger partial charge in [-0.1, -0.05) is 70.6 Å². The average molecular weight is 926 g/mol. The number of hydrogen-bond acceptors (Lipinski definition) is 11. The average Bonchev–Trinajstić information content (AvgIpc) is 3.71. The van der Waals surface area contributed by atoms with Crippen LogP contribution in [0.15, 0.2) is 23.2 Å². The van der Waals surface area contributed by atoms with E-state index in [0.29, 0.717) is 69.8 Å². The lowest BCUT2D eigenvalue weighted by molar-refractivity contribution is -0.292. The number of carbonyl (C=O) groups is 1. The van der Waals surface area contributed by atoms with Crippen LogP contribution in [0.1, 0.15) is 125 Å². The largest absolute Gasteiger partial charge is 0.417 e. The van der Waals surface area contributed by atoms with Gasteiger partial charge in [-0.05, 0) is 96.8 Å². The number of carbonyl (C=O) groups excluding carboxylic acids is 1. The third-order valence-electron chi connectivity index (χ3n) is 15.7. The molecule has 0 aromatic rings. The molecule has 2 unspecified atom stereocenters. The molecule has 0 aliphatic carbocycles. The van der Waals surface area contributed by atoms with Crippen molar-refractivity contribution in [1.29, 1.82) is 0 Å². The van der Waals surface area contributed by atoms with Gasteiger partial charge >= 0.3 is 0 Å². The Morgan fingerprint density at radius 3 is 2.40 bits per heavy atom. The van der Waals surface area contributed by atoms with E-state index in [0.717, 1.165) is 42.2 Å². The van der Waals surface area contributed by atoms with Crippen LogP contribution in [-0.2, 0) is 42.4 Å². The summed E-state index contributed by atoms with van der Waals surface area (Å²) >= 11 is 3.38. The number of aliphatic hydroxyl groups excluding tert-OH is 2. The number of ketones is 1. The van der Waals surface area contributed by atoms with Gasteiger partial charge in [0.2, 0.25) is 0 Å². The number of ether oxygens (including phenoxy) is 7. The molecule has 8 aliphatic rings. The van der Waals surface area contributed by atoms with E-state index in [-0.39, 0.29) is 103 Å². The van der Waals surface area contributed by atoms with Gasteiger partial charge in [0.15, 0.2) is 14.1 Å². The molecule has 8 heterocycles. The van der Waals surface area contributed by atoms with Crippen LogP contribution < -0.4 is 0 Å². The molecule has 6 bridgehead atoms. The molecule has 8 aliphatic heterocycles. The highest BCUT2D eigenvalue weighted by atomic mass is 79.9. The fraction of sp³-hybridized carbons (Fsp3) is 0.894. The quantitative estimate of drug-likeness (QED) is 0.0959. The Labute approximate surface area is 369 Å². The van der Waals surface area contributed by atoms with Gasteiger partial charge in [-0.2, -0.15) is 0 Å². The van der Waals surface area contributed by atoms with E-state index < -0.39 is 20.2 Å². The fourth-order valence-electron chi connectivity index (χ4n) is 11.0. The SMILES string of the molecule is C=C(Br)C[C@H](O)CC[C@@]12C[C@H]3O[C@H]4C(O1)[C@H]1O[C@@H](CC(=O)C[C@H]5C(C[C@H]6O[C@@H](CCCO)C[C@@H](C)C6=C)O[C@H](C[C@H](C)CO[Si](C)(C)C(C)(C)C)[C@@H]5C)CC[C@@H]1O[C@H]4[C@H]3O2. The van der Waals surface area contributed by atoms with Crippen molar-refractivity contribution >= 4 is 30.0 Å². The predicted molar refractivity (Wildman–Crippen MR) is 235 cm³/mol. The minimum Gasteiger partial charge on any atom is -0.417 e. The van der Waals surface area contributed by atoms with Crippen molar-refractivity contribution in [3.05, 3.63) is 23.2 Å². The molecule has 8 saturated heterocycles. The normalized spacial score (nSPS) is 42.2. The van der Waals surface area contributed by atoms with E-state index in [1.54, 1.807) is 0 Å². The van der Waals surface area contributed by atoms with E-state index in [4.69, 9.17) is 37.6 Å². The number of Topliss-reactive ketones (excluding diaryl/α,β-unsaturated/α-hetero) is 1. The third kappa shape index (κ3) is 10.4. The highest BCUT2D eigenvalue weighted by molar-refractivity contribution is 9.11. The maximum atomic E-state index is 14.3. The second-order valence-electron chi connectivity index (χ2n) is 21.4. The molecule has 0 saturated carbocycles. The maximum Gasteiger partial charge on any atom is 0.191 e. The molecule has 2 N–H and O–H groups in total. The zero-order valence-electron chi connectivity index (χ0n) is 37.8. The second kappa shape index (κ2) is 19.1. The summed E-state index contributed by atoms with van der Waals surface area (Å²) in [5.41, 5.74) is 1.10. The summed E-state index contributed by atoms with van der Waals surface area (Å²) in [4.78, 5) is 14.3. The van der Waals surface area contributed by atoms with E-state index in [9.17, 15) is 15.0 Å². The minimum atomic E-state index is -1.90. The molecule has 8 rings (SSSR count). The summed E-state index contributed by atoms with van der Waals surface area (Å²) in [6.07, 6.45) is 5.60. The van der Waals surface area contributed by atoms with Crippen molar-refractivity contribution in [2.75, 3.05) is 13.2 Å². The van der Waals surface area contributed by atoms with E-state index >= 15 is 0 Å². The van der Waals surface area contributed by atoms with Gasteiger partial charge in [0.1, 0.15) is 36.3 Å². The van der Waals surface area contributed by atoms with Crippen LogP contribution in [-0.4, -0.2) is 123 Å². The van der Waals surface area contributed by atoms with Crippen LogP contribution in [0.2, 0.25) is 18.1 Å². The molecular weight excluding hydrogens is 848 g/mol. The fourth-order valence-corrected chi connectivity index (χ4v) is 12.6. The van der Waals surface area contributed by atoms with Crippen LogP contribution in [0.5, 0.6) is 0 Å². The smallest absolute Gasteiger partial charge is 0.191 e. The van der Waals surface area contributed by atoms with Gasteiger partial charge in [-0.3, -0.25) is 4.79 Å². The van der Waals surface area contributed by atoms with Crippen molar-refractivity contribution in [1.82, 2.24) is 0 Å². The standard InChI is InChI=1S/C47H77BrO11Si/c1-26(25-52-60(9,10)46(6,7)8)18-37-30(5)35(39(55-37)23-38-29(4)27(2)19-33(53-38)12-11-17-49)22-32(51)21-34-13-14-36-41(54-34)45-44-43(56-36)42-40(57-44)24-47(58-42,59-45)16-15-31(50)20-28(3)48/h26-27,30-31,33-45,49-50H,3-4,11-25H2,1-2,5-10H3/t26-,27+,30+,31+,33-,34+,35+,36-,37+,38+,39?,40+,41-,42-,43-,44+,45?,47-/m0/s1. The van der Waals surface area contributed by atoms with Gasteiger partial charge in [-0.15, -0.1) is 0 Å². The molecule has 11 nitrogen and oxygen atoms in total. The van der Waals surface area contributed by atoms with Crippen LogP contribution >= 0.6 is 15.9 Å². The summed E-state index contributed by atoms with van der Waals surface area (Å²) in [7, 11) is -1.90. The van der Waals surface area contributed by atoms with Crippen molar-refractivity contribution in [2.24, 2.45) is 23.7 Å². The molecule has 18 atom stereocenters. The maximum absolute atomic E-state index is 14.3. The molecular formula is C47H77BrO11Si. The Morgan fingerprint density at radius 1 is 0.967 bits per heavy atom.